The van der Waals surface area contributed by atoms with Gasteiger partial charge in [-0.3, -0.25) is 14.2 Å². The first-order chi connectivity index (χ1) is 11.3. The number of carbonyl (C=O) groups excluding carboxylic acids is 2. The highest BCUT2D eigenvalue weighted by Crippen LogP contribution is 2.21. The molecule has 1 N–H and O–H groups in total. The maximum Gasteiger partial charge on any atom is 0.420 e. The minimum atomic E-state index is -0.631. The Morgan fingerprint density at radius 2 is 2.00 bits per heavy atom. The van der Waals surface area contributed by atoms with Gasteiger partial charge in [-0.05, 0) is 38.5 Å². The number of Topliss-reactive ketones (excluding diaryl/α,β-unsaturated/α-hetero) is 2. The highest BCUT2D eigenvalue weighted by Gasteiger charge is 2.21. The molecule has 6 nitrogen and oxygen atoms in total. The summed E-state index contributed by atoms with van der Waals surface area (Å²) < 4.78 is 6.37. The lowest BCUT2D eigenvalue weighted by atomic mass is 10.1. The molecule has 2 aromatic heterocycles. The van der Waals surface area contributed by atoms with Crippen molar-refractivity contribution in [3.63, 3.8) is 0 Å². The van der Waals surface area contributed by atoms with Crippen molar-refractivity contribution in [1.29, 1.82) is 0 Å². The normalized spacial score (nSPS) is 11.2. The molecule has 0 bridgehead atoms. The monoisotopic (exact) mass is 346 g/mol. The second kappa shape index (κ2) is 5.79. The Kier molecular flexibility index (Phi) is 3.93. The van der Waals surface area contributed by atoms with Crippen molar-refractivity contribution < 1.29 is 14.0 Å². The third kappa shape index (κ3) is 2.59. The number of aromatic nitrogens is 2. The van der Waals surface area contributed by atoms with E-state index in [-0.39, 0.29) is 18.1 Å². The Bertz CT molecular complexity index is 1040. The van der Waals surface area contributed by atoms with Crippen LogP contribution in [0.4, 0.5) is 0 Å². The third-order valence-corrected chi connectivity index (χ3v) is 4.24. The number of fused-ring (bicyclic) bond motifs is 1. The second-order valence-electron chi connectivity index (χ2n) is 5.67. The van der Waals surface area contributed by atoms with Crippen LogP contribution >= 0.6 is 11.6 Å². The van der Waals surface area contributed by atoms with Gasteiger partial charge in [-0.25, -0.2) is 4.79 Å². The van der Waals surface area contributed by atoms with Crippen molar-refractivity contribution in [3.05, 3.63) is 56.3 Å². The van der Waals surface area contributed by atoms with E-state index in [1.807, 2.05) is 0 Å². The number of rotatable bonds is 4. The van der Waals surface area contributed by atoms with Crippen LogP contribution in [0.1, 0.15) is 39.0 Å². The zero-order valence-corrected chi connectivity index (χ0v) is 14.2. The van der Waals surface area contributed by atoms with Crippen LogP contribution in [-0.4, -0.2) is 21.1 Å². The number of aryl methyl sites for hydroxylation is 1. The predicted molar refractivity (Wildman–Crippen MR) is 90.1 cm³/mol. The summed E-state index contributed by atoms with van der Waals surface area (Å²) in [5, 5.41) is 0.441. The minimum Gasteiger partial charge on any atom is -0.408 e. The average Bonchev–Trinajstić information content (AvgIpc) is 2.95. The summed E-state index contributed by atoms with van der Waals surface area (Å²) in [6, 6.07) is 4.78. The number of aromatic amines is 1. The van der Waals surface area contributed by atoms with Crippen LogP contribution in [-0.2, 0) is 6.54 Å². The van der Waals surface area contributed by atoms with Crippen LogP contribution in [0.5, 0.6) is 0 Å². The van der Waals surface area contributed by atoms with Crippen molar-refractivity contribution in [1.82, 2.24) is 9.55 Å². The van der Waals surface area contributed by atoms with E-state index in [9.17, 15) is 14.4 Å². The van der Waals surface area contributed by atoms with E-state index >= 15 is 0 Å². The fourth-order valence-electron chi connectivity index (χ4n) is 2.97. The smallest absolute Gasteiger partial charge is 0.408 e. The van der Waals surface area contributed by atoms with Gasteiger partial charge in [0, 0.05) is 22.3 Å². The zero-order valence-electron chi connectivity index (χ0n) is 13.4. The topological polar surface area (TPSA) is 85.1 Å². The van der Waals surface area contributed by atoms with Crippen molar-refractivity contribution >= 4 is 34.3 Å². The number of ketones is 2. The molecule has 0 aliphatic rings. The largest absolute Gasteiger partial charge is 0.420 e. The first kappa shape index (κ1) is 16.3. The van der Waals surface area contributed by atoms with Gasteiger partial charge in [-0.2, -0.15) is 0 Å². The lowest BCUT2D eigenvalue weighted by molar-refractivity contribution is 0.0965. The number of nitrogens with zero attached hydrogens (tertiary/aromatic N) is 1. The molecular formula is C17H15ClN2O4. The van der Waals surface area contributed by atoms with Gasteiger partial charge < -0.3 is 9.40 Å². The summed E-state index contributed by atoms with van der Waals surface area (Å²) >= 11 is 5.88. The second-order valence-corrected chi connectivity index (χ2v) is 6.11. The fourth-order valence-corrected chi connectivity index (χ4v) is 3.13. The van der Waals surface area contributed by atoms with E-state index in [0.29, 0.717) is 38.6 Å². The first-order valence-electron chi connectivity index (χ1n) is 7.31. The van der Waals surface area contributed by atoms with Gasteiger partial charge in [0.15, 0.2) is 17.1 Å². The Hall–Kier alpha value is -2.60. The van der Waals surface area contributed by atoms with E-state index in [1.54, 1.807) is 26.0 Å². The van der Waals surface area contributed by atoms with Crippen LogP contribution in [0.2, 0.25) is 5.02 Å². The van der Waals surface area contributed by atoms with Gasteiger partial charge in [0.1, 0.15) is 0 Å². The molecule has 0 amide bonds. The lowest BCUT2D eigenvalue weighted by Crippen LogP contribution is -2.20. The number of oxazole rings is 1. The quantitative estimate of drug-likeness (QED) is 0.734. The molecule has 0 fully saturated rings. The van der Waals surface area contributed by atoms with Crippen LogP contribution in [0.25, 0.3) is 11.1 Å². The number of hydrogen-bond donors (Lipinski definition) is 1. The summed E-state index contributed by atoms with van der Waals surface area (Å²) in [6.45, 7) is 4.71. The molecule has 1 aromatic carbocycles. The Labute approximate surface area is 142 Å². The maximum atomic E-state index is 12.6. The molecular weight excluding hydrogens is 332 g/mol. The molecule has 0 aliphatic carbocycles. The summed E-state index contributed by atoms with van der Waals surface area (Å²) in [4.78, 5) is 39.3. The SMILES string of the molecule is CC(=O)c1c(C)[nH]c(C(=O)Cn2c(=O)oc3cc(Cl)ccc32)c1C. The molecule has 0 saturated heterocycles. The lowest BCUT2D eigenvalue weighted by Gasteiger charge is -2.02. The fraction of sp³-hybridized carbons (Fsp3) is 0.235. The van der Waals surface area contributed by atoms with E-state index in [2.05, 4.69) is 4.98 Å². The molecule has 7 heteroatoms. The molecule has 124 valence electrons. The number of carbonyl (C=O) groups is 2. The van der Waals surface area contributed by atoms with Gasteiger partial charge in [0.2, 0.25) is 0 Å². The number of halogens is 1. The Morgan fingerprint density at radius 1 is 1.29 bits per heavy atom. The molecule has 0 saturated carbocycles. The summed E-state index contributed by atoms with van der Waals surface area (Å²) in [6.07, 6.45) is 0. The highest BCUT2D eigenvalue weighted by atomic mass is 35.5. The van der Waals surface area contributed by atoms with Crippen molar-refractivity contribution in [2.75, 3.05) is 0 Å². The number of H-pyrrole nitrogens is 1. The van der Waals surface area contributed by atoms with Gasteiger partial charge in [0.05, 0.1) is 17.8 Å². The van der Waals surface area contributed by atoms with Gasteiger partial charge in [-0.15, -0.1) is 0 Å². The number of hydrogen-bond acceptors (Lipinski definition) is 4. The van der Waals surface area contributed by atoms with Crippen molar-refractivity contribution in [2.24, 2.45) is 0 Å². The van der Waals surface area contributed by atoms with Crippen LogP contribution in [0.3, 0.4) is 0 Å². The van der Waals surface area contributed by atoms with Gasteiger partial charge >= 0.3 is 5.76 Å². The zero-order chi connectivity index (χ0) is 17.6. The molecule has 24 heavy (non-hydrogen) atoms. The number of nitrogens with one attached hydrogen (secondary N) is 1. The first-order valence-corrected chi connectivity index (χ1v) is 7.69. The molecule has 0 radical (unpaired) electrons. The van der Waals surface area contributed by atoms with E-state index in [1.165, 1.54) is 17.6 Å². The molecule has 0 aliphatic heterocycles. The Balaban J connectivity index is 2.02. The third-order valence-electron chi connectivity index (χ3n) is 4.00. The molecule has 0 atom stereocenters. The standard InChI is InChI=1S/C17H15ClN2O4/c1-8-15(10(3)21)9(2)19-16(8)13(22)7-20-12-5-4-11(18)6-14(12)24-17(20)23/h4-6,19H,7H2,1-3H3. The maximum absolute atomic E-state index is 12.6. The summed E-state index contributed by atoms with van der Waals surface area (Å²) in [5.41, 5.74) is 2.88. The molecule has 0 spiro atoms. The minimum absolute atomic E-state index is 0.110. The molecule has 2 heterocycles. The van der Waals surface area contributed by atoms with E-state index in [4.69, 9.17) is 16.0 Å². The van der Waals surface area contributed by atoms with Crippen LogP contribution < -0.4 is 5.76 Å². The predicted octanol–water partition coefficient (Wildman–Crippen LogP) is 3.28. The van der Waals surface area contributed by atoms with E-state index in [0.717, 1.165) is 0 Å². The van der Waals surface area contributed by atoms with E-state index < -0.39 is 5.76 Å². The molecule has 3 aromatic rings. The van der Waals surface area contributed by atoms with Crippen LogP contribution in [0.15, 0.2) is 27.4 Å². The van der Waals surface area contributed by atoms with Crippen molar-refractivity contribution in [2.45, 2.75) is 27.3 Å². The van der Waals surface area contributed by atoms with Gasteiger partial charge in [-0.1, -0.05) is 11.6 Å². The summed E-state index contributed by atoms with van der Waals surface area (Å²) in [7, 11) is 0. The number of benzene rings is 1. The Morgan fingerprint density at radius 3 is 2.62 bits per heavy atom. The molecule has 3 rings (SSSR count). The van der Waals surface area contributed by atoms with Gasteiger partial charge in [0.25, 0.3) is 0 Å². The highest BCUT2D eigenvalue weighted by molar-refractivity contribution is 6.31. The molecule has 0 unspecified atom stereocenters. The van der Waals surface area contributed by atoms with Crippen LogP contribution in [0, 0.1) is 13.8 Å². The summed E-state index contributed by atoms with van der Waals surface area (Å²) in [5.74, 6) is -1.04. The van der Waals surface area contributed by atoms with Crippen molar-refractivity contribution in [3.8, 4) is 0 Å². The average molecular weight is 347 g/mol.